The molecule has 0 N–H and O–H groups in total. The lowest BCUT2D eigenvalue weighted by atomic mass is 9.87. The fraction of sp³-hybridized carbons (Fsp3) is 0.412. The van der Waals surface area contributed by atoms with Gasteiger partial charge in [0.15, 0.2) is 5.69 Å². The van der Waals surface area contributed by atoms with E-state index < -0.39 is 11.9 Å². The number of halogens is 3. The standard InChI is InChI=1S/C17H20F3N3O/c1-16(2,3)11-6-8-12(9-7-11)24-14-10-13(17(18,19)20)21-15(22-14)23(4)5/h6-10H,1-5H3. The van der Waals surface area contributed by atoms with E-state index in [9.17, 15) is 13.2 Å². The number of rotatable bonds is 3. The fourth-order valence-electron chi connectivity index (χ4n) is 1.95. The van der Waals surface area contributed by atoms with E-state index in [1.165, 1.54) is 4.90 Å². The molecule has 0 unspecified atom stereocenters. The van der Waals surface area contributed by atoms with E-state index in [1.54, 1.807) is 26.2 Å². The van der Waals surface area contributed by atoms with Crippen molar-refractivity contribution in [1.82, 2.24) is 9.97 Å². The highest BCUT2D eigenvalue weighted by Gasteiger charge is 2.34. The van der Waals surface area contributed by atoms with Crippen LogP contribution in [0.15, 0.2) is 30.3 Å². The first kappa shape index (κ1) is 18.0. The molecule has 4 nitrogen and oxygen atoms in total. The monoisotopic (exact) mass is 339 g/mol. The zero-order valence-corrected chi connectivity index (χ0v) is 14.3. The van der Waals surface area contributed by atoms with E-state index in [2.05, 4.69) is 30.7 Å². The number of hydrogen-bond acceptors (Lipinski definition) is 4. The topological polar surface area (TPSA) is 38.2 Å². The minimum atomic E-state index is -4.57. The molecule has 2 rings (SSSR count). The summed E-state index contributed by atoms with van der Waals surface area (Å²) in [6, 6.07) is 7.99. The fourth-order valence-corrected chi connectivity index (χ4v) is 1.95. The van der Waals surface area contributed by atoms with Gasteiger partial charge in [0.1, 0.15) is 5.75 Å². The highest BCUT2D eigenvalue weighted by Crippen LogP contribution is 2.32. The van der Waals surface area contributed by atoms with Gasteiger partial charge in [-0.2, -0.15) is 18.2 Å². The van der Waals surface area contributed by atoms with Crippen molar-refractivity contribution in [2.75, 3.05) is 19.0 Å². The van der Waals surface area contributed by atoms with Crippen molar-refractivity contribution in [3.05, 3.63) is 41.6 Å². The molecule has 1 heterocycles. The van der Waals surface area contributed by atoms with Crippen molar-refractivity contribution < 1.29 is 17.9 Å². The third-order valence-electron chi connectivity index (χ3n) is 3.32. The molecule has 0 aliphatic carbocycles. The summed E-state index contributed by atoms with van der Waals surface area (Å²) in [5.74, 6) is 0.204. The first-order valence-corrected chi connectivity index (χ1v) is 7.39. The minimum absolute atomic E-state index is 0.0189. The van der Waals surface area contributed by atoms with Crippen LogP contribution in [-0.2, 0) is 11.6 Å². The normalized spacial score (nSPS) is 12.2. The molecule has 0 fully saturated rings. The lowest BCUT2D eigenvalue weighted by Gasteiger charge is -2.19. The number of nitrogens with zero attached hydrogens (tertiary/aromatic N) is 3. The van der Waals surface area contributed by atoms with Gasteiger partial charge in [-0.25, -0.2) is 4.98 Å². The molecule has 0 saturated carbocycles. The maximum atomic E-state index is 13.0. The summed E-state index contributed by atoms with van der Waals surface area (Å²) in [5.41, 5.74) is 0.0413. The SMILES string of the molecule is CN(C)c1nc(Oc2ccc(C(C)(C)C)cc2)cc(C(F)(F)F)n1. The second kappa shape index (κ2) is 6.30. The van der Waals surface area contributed by atoms with Gasteiger partial charge in [0.25, 0.3) is 0 Å². The van der Waals surface area contributed by atoms with Crippen molar-refractivity contribution in [2.24, 2.45) is 0 Å². The molecule has 0 spiro atoms. The predicted molar refractivity (Wildman–Crippen MR) is 86.6 cm³/mol. The van der Waals surface area contributed by atoms with E-state index in [0.29, 0.717) is 5.75 Å². The Hall–Kier alpha value is -2.31. The Morgan fingerprint density at radius 3 is 2.00 bits per heavy atom. The molecule has 2 aromatic rings. The van der Waals surface area contributed by atoms with Crippen LogP contribution in [0, 0.1) is 0 Å². The van der Waals surface area contributed by atoms with Gasteiger partial charge < -0.3 is 9.64 Å². The molecule has 1 aromatic heterocycles. The van der Waals surface area contributed by atoms with Crippen LogP contribution < -0.4 is 9.64 Å². The lowest BCUT2D eigenvalue weighted by Crippen LogP contribution is -2.17. The van der Waals surface area contributed by atoms with Crippen LogP contribution in [0.3, 0.4) is 0 Å². The average molecular weight is 339 g/mol. The molecule has 0 radical (unpaired) electrons. The number of alkyl halides is 3. The molecule has 0 saturated heterocycles. The summed E-state index contributed by atoms with van der Waals surface area (Å²) in [4.78, 5) is 8.90. The Balaban J connectivity index is 2.33. The van der Waals surface area contributed by atoms with E-state index in [4.69, 9.17) is 4.74 Å². The Kier molecular flexibility index (Phi) is 4.73. The Bertz CT molecular complexity index is 705. The van der Waals surface area contributed by atoms with E-state index >= 15 is 0 Å². The third kappa shape index (κ3) is 4.37. The Morgan fingerprint density at radius 1 is 0.958 bits per heavy atom. The average Bonchev–Trinajstić information content (AvgIpc) is 2.45. The number of anilines is 1. The molecule has 24 heavy (non-hydrogen) atoms. The predicted octanol–water partition coefficient (Wildman–Crippen LogP) is 4.65. The zero-order valence-electron chi connectivity index (χ0n) is 14.3. The minimum Gasteiger partial charge on any atom is -0.439 e. The molecule has 1 aromatic carbocycles. The van der Waals surface area contributed by atoms with E-state index in [1.807, 2.05) is 12.1 Å². The highest BCUT2D eigenvalue weighted by atomic mass is 19.4. The number of ether oxygens (including phenoxy) is 1. The molecule has 0 atom stereocenters. The summed E-state index contributed by atoms with van der Waals surface area (Å²) in [6.45, 7) is 6.23. The van der Waals surface area contributed by atoms with Crippen LogP contribution in [-0.4, -0.2) is 24.1 Å². The molecular formula is C17H20F3N3O. The largest absolute Gasteiger partial charge is 0.439 e. The van der Waals surface area contributed by atoms with Gasteiger partial charge in [0.05, 0.1) is 0 Å². The summed E-state index contributed by atoms with van der Waals surface area (Å²) in [6.07, 6.45) is -4.57. The van der Waals surface area contributed by atoms with Crippen LogP contribution in [0.1, 0.15) is 32.0 Å². The van der Waals surface area contributed by atoms with Gasteiger partial charge in [-0.05, 0) is 23.1 Å². The van der Waals surface area contributed by atoms with Gasteiger partial charge in [0, 0.05) is 20.2 Å². The number of benzene rings is 1. The number of aromatic nitrogens is 2. The van der Waals surface area contributed by atoms with E-state index in [-0.39, 0.29) is 17.2 Å². The van der Waals surface area contributed by atoms with Gasteiger partial charge in [-0.15, -0.1) is 0 Å². The molecule has 0 aliphatic heterocycles. The summed E-state index contributed by atoms with van der Waals surface area (Å²) >= 11 is 0. The van der Waals surface area contributed by atoms with Gasteiger partial charge in [-0.3, -0.25) is 0 Å². The van der Waals surface area contributed by atoms with Gasteiger partial charge in [-0.1, -0.05) is 32.9 Å². The van der Waals surface area contributed by atoms with Crippen molar-refractivity contribution in [3.63, 3.8) is 0 Å². The van der Waals surface area contributed by atoms with Crippen molar-refractivity contribution in [3.8, 4) is 11.6 Å². The van der Waals surface area contributed by atoms with Crippen LogP contribution in [0.5, 0.6) is 11.6 Å². The molecule has 130 valence electrons. The Morgan fingerprint density at radius 2 is 1.54 bits per heavy atom. The summed E-state index contributed by atoms with van der Waals surface area (Å²) in [7, 11) is 3.13. The maximum absolute atomic E-state index is 13.0. The highest BCUT2D eigenvalue weighted by molar-refractivity contribution is 5.37. The smallest absolute Gasteiger partial charge is 0.433 e. The van der Waals surface area contributed by atoms with Crippen molar-refractivity contribution in [2.45, 2.75) is 32.4 Å². The van der Waals surface area contributed by atoms with Crippen LogP contribution >= 0.6 is 0 Å². The van der Waals surface area contributed by atoms with Gasteiger partial charge in [0.2, 0.25) is 11.8 Å². The van der Waals surface area contributed by atoms with Crippen LogP contribution in [0.4, 0.5) is 19.1 Å². The molecule has 0 bridgehead atoms. The second-order valence-electron chi connectivity index (χ2n) is 6.66. The van der Waals surface area contributed by atoms with Crippen molar-refractivity contribution in [1.29, 1.82) is 0 Å². The van der Waals surface area contributed by atoms with Crippen LogP contribution in [0.25, 0.3) is 0 Å². The zero-order chi connectivity index (χ0) is 18.1. The third-order valence-corrected chi connectivity index (χ3v) is 3.32. The van der Waals surface area contributed by atoms with Gasteiger partial charge >= 0.3 is 6.18 Å². The molecular weight excluding hydrogens is 319 g/mol. The summed E-state index contributed by atoms with van der Waals surface area (Å²) < 4.78 is 44.4. The maximum Gasteiger partial charge on any atom is 0.433 e. The first-order chi connectivity index (χ1) is 11.0. The first-order valence-electron chi connectivity index (χ1n) is 7.39. The molecule has 7 heteroatoms. The Labute approximate surface area is 139 Å². The number of hydrogen-bond donors (Lipinski definition) is 0. The quantitative estimate of drug-likeness (QED) is 0.816. The van der Waals surface area contributed by atoms with Crippen LogP contribution in [0.2, 0.25) is 0 Å². The molecule has 0 amide bonds. The lowest BCUT2D eigenvalue weighted by molar-refractivity contribution is -0.141. The van der Waals surface area contributed by atoms with E-state index in [0.717, 1.165) is 11.6 Å². The summed E-state index contributed by atoms with van der Waals surface area (Å²) in [5, 5.41) is 0. The van der Waals surface area contributed by atoms with Crippen molar-refractivity contribution >= 4 is 5.95 Å². The second-order valence-corrected chi connectivity index (χ2v) is 6.66. The molecule has 0 aliphatic rings.